The van der Waals surface area contributed by atoms with Crippen molar-refractivity contribution in [3.05, 3.63) is 65.2 Å². The van der Waals surface area contributed by atoms with Gasteiger partial charge in [-0.25, -0.2) is 0 Å². The molecule has 19 heavy (non-hydrogen) atoms. The minimum Gasteiger partial charge on any atom is -0.497 e. The van der Waals surface area contributed by atoms with Crippen molar-refractivity contribution in [3.63, 3.8) is 0 Å². The van der Waals surface area contributed by atoms with E-state index in [1.165, 1.54) is 5.56 Å². The first-order chi connectivity index (χ1) is 9.24. The van der Waals surface area contributed by atoms with Crippen LogP contribution in [0.15, 0.2) is 53.7 Å². The largest absolute Gasteiger partial charge is 0.497 e. The molecule has 98 valence electrons. The lowest BCUT2D eigenvalue weighted by molar-refractivity contribution is 0.214. The Hall–Kier alpha value is -2.29. The summed E-state index contributed by atoms with van der Waals surface area (Å²) in [6.07, 6.45) is 0. The van der Waals surface area contributed by atoms with Gasteiger partial charge in [-0.1, -0.05) is 35.0 Å². The zero-order valence-electron chi connectivity index (χ0n) is 11.4. The SMILES string of the molecule is CO/N=C(\c1ccc(C)cc1)c1ccc(OC)cc1. The van der Waals surface area contributed by atoms with E-state index in [2.05, 4.69) is 24.2 Å². The van der Waals surface area contributed by atoms with Crippen molar-refractivity contribution in [1.82, 2.24) is 0 Å². The van der Waals surface area contributed by atoms with Gasteiger partial charge in [-0.3, -0.25) is 0 Å². The number of benzene rings is 2. The number of hydrogen-bond donors (Lipinski definition) is 0. The van der Waals surface area contributed by atoms with E-state index in [1.807, 2.05) is 36.4 Å². The molecular weight excluding hydrogens is 238 g/mol. The van der Waals surface area contributed by atoms with Crippen molar-refractivity contribution in [2.75, 3.05) is 14.2 Å². The summed E-state index contributed by atoms with van der Waals surface area (Å²) in [6, 6.07) is 16.0. The molecule has 3 nitrogen and oxygen atoms in total. The molecule has 2 aromatic rings. The lowest BCUT2D eigenvalue weighted by atomic mass is 10.0. The van der Waals surface area contributed by atoms with Crippen LogP contribution in [0, 0.1) is 6.92 Å². The molecule has 0 heterocycles. The molecule has 0 aliphatic rings. The summed E-state index contributed by atoms with van der Waals surface area (Å²) in [4.78, 5) is 4.96. The Labute approximate surface area is 113 Å². The van der Waals surface area contributed by atoms with Gasteiger partial charge in [0.15, 0.2) is 0 Å². The van der Waals surface area contributed by atoms with Crippen LogP contribution in [-0.4, -0.2) is 19.9 Å². The van der Waals surface area contributed by atoms with Gasteiger partial charge in [-0.2, -0.15) is 0 Å². The van der Waals surface area contributed by atoms with Crippen LogP contribution in [0.4, 0.5) is 0 Å². The number of rotatable bonds is 4. The Bertz CT molecular complexity index is 556. The molecule has 0 aromatic heterocycles. The average molecular weight is 255 g/mol. The Balaban J connectivity index is 2.39. The van der Waals surface area contributed by atoms with Gasteiger partial charge < -0.3 is 9.57 Å². The molecule has 0 spiro atoms. The van der Waals surface area contributed by atoms with Gasteiger partial charge in [0.1, 0.15) is 18.6 Å². The molecule has 0 bridgehead atoms. The highest BCUT2D eigenvalue weighted by molar-refractivity contribution is 6.12. The fraction of sp³-hybridized carbons (Fsp3) is 0.188. The number of oxime groups is 1. The zero-order chi connectivity index (χ0) is 13.7. The third-order valence-electron chi connectivity index (χ3n) is 2.87. The van der Waals surface area contributed by atoms with Crippen LogP contribution in [-0.2, 0) is 4.84 Å². The Kier molecular flexibility index (Phi) is 4.18. The van der Waals surface area contributed by atoms with E-state index in [4.69, 9.17) is 9.57 Å². The van der Waals surface area contributed by atoms with Crippen LogP contribution in [0.1, 0.15) is 16.7 Å². The summed E-state index contributed by atoms with van der Waals surface area (Å²) < 4.78 is 5.16. The summed E-state index contributed by atoms with van der Waals surface area (Å²) in [5.41, 5.74) is 4.05. The molecule has 0 N–H and O–H groups in total. The summed E-state index contributed by atoms with van der Waals surface area (Å²) in [5, 5.41) is 4.13. The molecule has 2 rings (SSSR count). The van der Waals surface area contributed by atoms with Gasteiger partial charge in [0, 0.05) is 11.1 Å². The molecule has 0 aliphatic carbocycles. The van der Waals surface area contributed by atoms with Gasteiger partial charge in [-0.15, -0.1) is 0 Å². The van der Waals surface area contributed by atoms with Crippen molar-refractivity contribution >= 4 is 5.71 Å². The van der Waals surface area contributed by atoms with E-state index in [-0.39, 0.29) is 0 Å². The van der Waals surface area contributed by atoms with E-state index >= 15 is 0 Å². The van der Waals surface area contributed by atoms with Gasteiger partial charge in [0.25, 0.3) is 0 Å². The number of hydrogen-bond acceptors (Lipinski definition) is 3. The van der Waals surface area contributed by atoms with Crippen molar-refractivity contribution < 1.29 is 9.57 Å². The van der Waals surface area contributed by atoms with Crippen molar-refractivity contribution in [2.45, 2.75) is 6.92 Å². The Morgan fingerprint density at radius 3 is 1.84 bits per heavy atom. The third-order valence-corrected chi connectivity index (χ3v) is 2.87. The van der Waals surface area contributed by atoms with Gasteiger partial charge in [-0.05, 0) is 31.2 Å². The standard InChI is InChI=1S/C16H17NO2/c1-12-4-6-13(7-5-12)16(17-19-3)14-8-10-15(18-2)11-9-14/h4-11H,1-3H3/b17-16+. The lowest BCUT2D eigenvalue weighted by Gasteiger charge is -2.07. The molecule has 0 saturated carbocycles. The number of aryl methyl sites for hydroxylation is 1. The molecule has 0 unspecified atom stereocenters. The second kappa shape index (κ2) is 6.05. The highest BCUT2D eigenvalue weighted by Gasteiger charge is 2.08. The normalized spacial score (nSPS) is 11.2. The lowest BCUT2D eigenvalue weighted by Crippen LogP contribution is -2.04. The Morgan fingerprint density at radius 2 is 1.37 bits per heavy atom. The minimum absolute atomic E-state index is 0.810. The van der Waals surface area contributed by atoms with E-state index < -0.39 is 0 Å². The molecule has 0 radical (unpaired) electrons. The first kappa shape index (κ1) is 13.1. The summed E-state index contributed by atoms with van der Waals surface area (Å²) in [7, 11) is 3.21. The monoisotopic (exact) mass is 255 g/mol. The van der Waals surface area contributed by atoms with E-state index in [0.717, 1.165) is 22.6 Å². The zero-order valence-corrected chi connectivity index (χ0v) is 11.4. The summed E-state index contributed by atoms with van der Waals surface area (Å²) in [5.74, 6) is 0.824. The molecule has 2 aromatic carbocycles. The molecule has 0 amide bonds. The quantitative estimate of drug-likeness (QED) is 0.619. The highest BCUT2D eigenvalue weighted by Crippen LogP contribution is 2.16. The van der Waals surface area contributed by atoms with Gasteiger partial charge in [0.2, 0.25) is 0 Å². The summed E-state index contributed by atoms with van der Waals surface area (Å²) in [6.45, 7) is 2.06. The predicted octanol–water partition coefficient (Wildman–Crippen LogP) is 3.40. The van der Waals surface area contributed by atoms with Crippen molar-refractivity contribution in [1.29, 1.82) is 0 Å². The first-order valence-electron chi connectivity index (χ1n) is 6.07. The van der Waals surface area contributed by atoms with Crippen LogP contribution in [0.3, 0.4) is 0 Å². The maximum atomic E-state index is 5.16. The van der Waals surface area contributed by atoms with Crippen molar-refractivity contribution in [3.8, 4) is 5.75 Å². The van der Waals surface area contributed by atoms with E-state index in [9.17, 15) is 0 Å². The van der Waals surface area contributed by atoms with Crippen LogP contribution >= 0.6 is 0 Å². The average Bonchev–Trinajstić information content (AvgIpc) is 2.46. The van der Waals surface area contributed by atoms with E-state index in [0.29, 0.717) is 0 Å². The Morgan fingerprint density at radius 1 is 0.842 bits per heavy atom. The molecular formula is C16H17NO2. The fourth-order valence-corrected chi connectivity index (χ4v) is 1.82. The highest BCUT2D eigenvalue weighted by atomic mass is 16.6. The first-order valence-corrected chi connectivity index (χ1v) is 6.07. The number of methoxy groups -OCH3 is 1. The molecule has 0 saturated heterocycles. The predicted molar refractivity (Wildman–Crippen MR) is 76.8 cm³/mol. The van der Waals surface area contributed by atoms with Crippen LogP contribution in [0.5, 0.6) is 5.75 Å². The molecule has 0 fully saturated rings. The second-order valence-corrected chi connectivity index (χ2v) is 4.22. The van der Waals surface area contributed by atoms with Gasteiger partial charge >= 0.3 is 0 Å². The fourth-order valence-electron chi connectivity index (χ4n) is 1.82. The maximum Gasteiger partial charge on any atom is 0.118 e. The molecule has 0 aliphatic heterocycles. The maximum absolute atomic E-state index is 5.16. The number of nitrogens with zero attached hydrogens (tertiary/aromatic N) is 1. The molecule has 0 atom stereocenters. The van der Waals surface area contributed by atoms with Crippen LogP contribution in [0.25, 0.3) is 0 Å². The summed E-state index contributed by atoms with van der Waals surface area (Å²) >= 11 is 0. The minimum atomic E-state index is 0.810. The number of ether oxygens (including phenoxy) is 1. The second-order valence-electron chi connectivity index (χ2n) is 4.22. The topological polar surface area (TPSA) is 30.8 Å². The molecule has 3 heteroatoms. The van der Waals surface area contributed by atoms with Crippen molar-refractivity contribution in [2.24, 2.45) is 5.16 Å². The smallest absolute Gasteiger partial charge is 0.118 e. The third kappa shape index (κ3) is 3.13. The van der Waals surface area contributed by atoms with Gasteiger partial charge in [0.05, 0.1) is 7.11 Å². The van der Waals surface area contributed by atoms with Crippen LogP contribution in [0.2, 0.25) is 0 Å². The van der Waals surface area contributed by atoms with E-state index in [1.54, 1.807) is 14.2 Å². The van der Waals surface area contributed by atoms with Crippen LogP contribution < -0.4 is 4.74 Å².